The molecule has 1 saturated heterocycles. The fourth-order valence-electron chi connectivity index (χ4n) is 2.37. The van der Waals surface area contributed by atoms with Gasteiger partial charge in [0.1, 0.15) is 12.7 Å². The van der Waals surface area contributed by atoms with E-state index in [0.717, 1.165) is 25.2 Å². The van der Waals surface area contributed by atoms with Gasteiger partial charge in [0, 0.05) is 18.7 Å². The summed E-state index contributed by atoms with van der Waals surface area (Å²) < 4.78 is 0. The SMILES string of the molecule is C/C=C(\C=C/CNC)C(/N)=N/OCC(O)CN1CCCCC1. The fraction of sp³-hybridized carbons (Fsp3) is 0.688. The number of allylic oxidation sites excluding steroid dienone is 1. The first-order valence-electron chi connectivity index (χ1n) is 8.01. The number of rotatable bonds is 9. The molecule has 1 rings (SSSR count). The van der Waals surface area contributed by atoms with E-state index >= 15 is 0 Å². The van der Waals surface area contributed by atoms with Gasteiger partial charge in [-0.05, 0) is 39.9 Å². The number of hydrogen-bond acceptors (Lipinski definition) is 5. The molecule has 0 aliphatic carbocycles. The average Bonchev–Trinajstić information content (AvgIpc) is 2.52. The van der Waals surface area contributed by atoms with E-state index in [9.17, 15) is 5.11 Å². The normalized spacial score (nSPS) is 19.6. The van der Waals surface area contributed by atoms with E-state index in [4.69, 9.17) is 10.6 Å². The molecule has 1 atom stereocenters. The van der Waals surface area contributed by atoms with Crippen molar-refractivity contribution in [2.24, 2.45) is 10.9 Å². The molecule has 0 spiro atoms. The van der Waals surface area contributed by atoms with E-state index in [1.807, 2.05) is 32.2 Å². The Bertz CT molecular complexity index is 388. The van der Waals surface area contributed by atoms with Crippen LogP contribution in [0.15, 0.2) is 29.0 Å². The van der Waals surface area contributed by atoms with Gasteiger partial charge < -0.3 is 25.9 Å². The lowest BCUT2D eigenvalue weighted by molar-refractivity contribution is 0.0157. The molecule has 0 saturated carbocycles. The molecule has 0 bridgehead atoms. The number of amidine groups is 1. The van der Waals surface area contributed by atoms with Crippen molar-refractivity contribution in [1.82, 2.24) is 10.2 Å². The number of aliphatic hydroxyl groups is 1. The molecule has 0 radical (unpaired) electrons. The van der Waals surface area contributed by atoms with Crippen LogP contribution >= 0.6 is 0 Å². The highest BCUT2D eigenvalue weighted by Crippen LogP contribution is 2.09. The van der Waals surface area contributed by atoms with Crippen molar-refractivity contribution in [3.05, 3.63) is 23.8 Å². The van der Waals surface area contributed by atoms with E-state index in [-0.39, 0.29) is 6.61 Å². The number of aliphatic hydroxyl groups excluding tert-OH is 1. The van der Waals surface area contributed by atoms with Crippen LogP contribution in [0.2, 0.25) is 0 Å². The zero-order valence-electron chi connectivity index (χ0n) is 13.8. The maximum absolute atomic E-state index is 9.97. The molecule has 0 aromatic rings. The Labute approximate surface area is 133 Å². The molecule has 1 aliphatic heterocycles. The molecule has 6 nitrogen and oxygen atoms in total. The molecule has 0 amide bonds. The van der Waals surface area contributed by atoms with Gasteiger partial charge in [-0.1, -0.05) is 29.8 Å². The molecule has 0 aromatic heterocycles. The highest BCUT2D eigenvalue weighted by molar-refractivity contribution is 5.99. The summed E-state index contributed by atoms with van der Waals surface area (Å²) in [5, 5.41) is 16.9. The number of piperidine rings is 1. The summed E-state index contributed by atoms with van der Waals surface area (Å²) in [5.41, 5.74) is 6.68. The largest absolute Gasteiger partial charge is 0.391 e. The number of hydrogen-bond donors (Lipinski definition) is 3. The minimum atomic E-state index is -0.538. The third-order valence-corrected chi connectivity index (χ3v) is 3.57. The first-order valence-corrected chi connectivity index (χ1v) is 8.01. The van der Waals surface area contributed by atoms with Gasteiger partial charge in [-0.3, -0.25) is 0 Å². The topological polar surface area (TPSA) is 83.1 Å². The number of oxime groups is 1. The van der Waals surface area contributed by atoms with Gasteiger partial charge >= 0.3 is 0 Å². The summed E-state index contributed by atoms with van der Waals surface area (Å²) in [6, 6.07) is 0. The highest BCUT2D eigenvalue weighted by Gasteiger charge is 2.14. The Morgan fingerprint density at radius 3 is 2.77 bits per heavy atom. The van der Waals surface area contributed by atoms with Crippen molar-refractivity contribution in [1.29, 1.82) is 0 Å². The number of β-amino-alcohol motifs (C(OH)–C–C–N with tert-alkyl or cyclic N) is 1. The maximum Gasteiger partial charge on any atom is 0.169 e. The van der Waals surface area contributed by atoms with Gasteiger partial charge in [0.05, 0.1) is 0 Å². The predicted octanol–water partition coefficient (Wildman–Crippen LogP) is 0.844. The number of nitrogens with two attached hydrogens (primary N) is 1. The van der Waals surface area contributed by atoms with Crippen LogP contribution in [0.4, 0.5) is 0 Å². The molecule has 6 heteroatoms. The van der Waals surface area contributed by atoms with Crippen LogP contribution in [-0.2, 0) is 4.84 Å². The number of likely N-dealkylation sites (tertiary alicyclic amines) is 1. The van der Waals surface area contributed by atoms with Gasteiger partial charge in [-0.2, -0.15) is 0 Å². The zero-order chi connectivity index (χ0) is 16.2. The van der Waals surface area contributed by atoms with Crippen molar-refractivity contribution in [3.63, 3.8) is 0 Å². The molecular weight excluding hydrogens is 280 g/mol. The van der Waals surface area contributed by atoms with Gasteiger partial charge in [-0.15, -0.1) is 0 Å². The second-order valence-electron chi connectivity index (χ2n) is 5.49. The third kappa shape index (κ3) is 7.59. The fourth-order valence-corrected chi connectivity index (χ4v) is 2.37. The predicted molar refractivity (Wildman–Crippen MR) is 90.7 cm³/mol. The molecule has 126 valence electrons. The van der Waals surface area contributed by atoms with Gasteiger partial charge in [0.2, 0.25) is 0 Å². The monoisotopic (exact) mass is 310 g/mol. The Hall–Kier alpha value is -1.37. The first kappa shape index (κ1) is 18.7. The van der Waals surface area contributed by atoms with E-state index in [1.165, 1.54) is 19.3 Å². The van der Waals surface area contributed by atoms with E-state index in [1.54, 1.807) is 0 Å². The summed E-state index contributed by atoms with van der Waals surface area (Å²) in [6.45, 7) is 5.57. The standard InChI is InChI=1S/C16H30N4O2/c1-3-14(8-7-9-18-2)16(17)19-22-13-15(21)12-20-10-5-4-6-11-20/h3,7-8,15,18,21H,4-6,9-13H2,1-2H3,(H2,17,19)/b8-7-,14-3+. The molecule has 1 unspecified atom stereocenters. The molecule has 22 heavy (non-hydrogen) atoms. The van der Waals surface area contributed by atoms with Crippen LogP contribution in [-0.4, -0.2) is 61.8 Å². The average molecular weight is 310 g/mol. The number of likely N-dealkylation sites (N-methyl/N-ethyl adjacent to an activating group) is 1. The summed E-state index contributed by atoms with van der Waals surface area (Å²) in [4.78, 5) is 7.45. The van der Waals surface area contributed by atoms with Crippen LogP contribution in [0.5, 0.6) is 0 Å². The van der Waals surface area contributed by atoms with Crippen molar-refractivity contribution < 1.29 is 9.94 Å². The minimum Gasteiger partial charge on any atom is -0.391 e. The quantitative estimate of drug-likeness (QED) is 0.254. The summed E-state index contributed by atoms with van der Waals surface area (Å²) in [5.74, 6) is 0.319. The van der Waals surface area contributed by atoms with Crippen LogP contribution < -0.4 is 11.1 Å². The molecular formula is C16H30N4O2. The summed E-state index contributed by atoms with van der Waals surface area (Å²) >= 11 is 0. The summed E-state index contributed by atoms with van der Waals surface area (Å²) in [7, 11) is 1.88. The van der Waals surface area contributed by atoms with Crippen LogP contribution in [0, 0.1) is 0 Å². The first-order chi connectivity index (χ1) is 10.7. The van der Waals surface area contributed by atoms with Crippen LogP contribution in [0.25, 0.3) is 0 Å². The number of nitrogens with zero attached hydrogens (tertiary/aromatic N) is 2. The van der Waals surface area contributed by atoms with Crippen LogP contribution in [0.1, 0.15) is 26.2 Å². The molecule has 0 aromatic carbocycles. The molecule has 1 heterocycles. The highest BCUT2D eigenvalue weighted by atomic mass is 16.6. The molecule has 1 fully saturated rings. The molecule has 4 N–H and O–H groups in total. The van der Waals surface area contributed by atoms with E-state index in [0.29, 0.717) is 12.4 Å². The van der Waals surface area contributed by atoms with Crippen molar-refractivity contribution in [2.75, 3.05) is 39.8 Å². The van der Waals surface area contributed by atoms with Crippen molar-refractivity contribution in [3.8, 4) is 0 Å². The summed E-state index contributed by atoms with van der Waals surface area (Å²) in [6.07, 6.45) is 8.90. The lowest BCUT2D eigenvalue weighted by Crippen LogP contribution is -2.38. The van der Waals surface area contributed by atoms with Gasteiger partial charge in [0.25, 0.3) is 0 Å². The lowest BCUT2D eigenvalue weighted by atomic mass is 10.1. The Balaban J connectivity index is 2.32. The van der Waals surface area contributed by atoms with Crippen molar-refractivity contribution >= 4 is 5.84 Å². The molecule has 1 aliphatic rings. The third-order valence-electron chi connectivity index (χ3n) is 3.57. The van der Waals surface area contributed by atoms with E-state index in [2.05, 4.69) is 15.4 Å². The second-order valence-corrected chi connectivity index (χ2v) is 5.49. The van der Waals surface area contributed by atoms with Gasteiger partial charge in [-0.25, -0.2) is 0 Å². The Morgan fingerprint density at radius 2 is 2.14 bits per heavy atom. The van der Waals surface area contributed by atoms with Crippen molar-refractivity contribution in [2.45, 2.75) is 32.3 Å². The zero-order valence-corrected chi connectivity index (χ0v) is 13.8. The van der Waals surface area contributed by atoms with Gasteiger partial charge in [0.15, 0.2) is 5.84 Å². The second kappa shape index (κ2) is 11.2. The van der Waals surface area contributed by atoms with Crippen LogP contribution in [0.3, 0.4) is 0 Å². The Kier molecular flexibility index (Phi) is 9.54. The lowest BCUT2D eigenvalue weighted by Gasteiger charge is -2.27. The maximum atomic E-state index is 9.97. The Morgan fingerprint density at radius 1 is 1.41 bits per heavy atom. The minimum absolute atomic E-state index is 0.161. The smallest absolute Gasteiger partial charge is 0.169 e. The number of nitrogens with one attached hydrogen (secondary N) is 1. The van der Waals surface area contributed by atoms with E-state index < -0.39 is 6.10 Å².